The van der Waals surface area contributed by atoms with Crippen molar-refractivity contribution in [3.63, 3.8) is 0 Å². The molecule has 0 fully saturated rings. The highest BCUT2D eigenvalue weighted by Crippen LogP contribution is 2.21. The highest BCUT2D eigenvalue weighted by atomic mass is 79.9. The average Bonchev–Trinajstić information content (AvgIpc) is 2.44. The molecule has 0 aliphatic heterocycles. The molecule has 0 aliphatic rings. The van der Waals surface area contributed by atoms with Crippen LogP contribution in [0.15, 0.2) is 28.7 Å². The van der Waals surface area contributed by atoms with Gasteiger partial charge < -0.3 is 10.4 Å². The number of rotatable bonds is 7. The number of amides is 1. The third-order valence-electron chi connectivity index (χ3n) is 3.73. The third-order valence-corrected chi connectivity index (χ3v) is 4.25. The number of carboxylic acids is 1. The Labute approximate surface area is 134 Å². The zero-order valence-corrected chi connectivity index (χ0v) is 14.2. The predicted molar refractivity (Wildman–Crippen MR) is 86.2 cm³/mol. The highest BCUT2D eigenvalue weighted by molar-refractivity contribution is 9.10. The van der Waals surface area contributed by atoms with E-state index >= 15 is 0 Å². The summed E-state index contributed by atoms with van der Waals surface area (Å²) < 4.78 is 0.991. The maximum atomic E-state index is 12.0. The average molecular weight is 356 g/mol. The third kappa shape index (κ3) is 5.50. The molecule has 0 heterocycles. The Morgan fingerprint density at radius 1 is 1.24 bits per heavy atom. The molecule has 1 rings (SSSR count). The van der Waals surface area contributed by atoms with E-state index in [0.717, 1.165) is 10.0 Å². The molecule has 1 amide bonds. The van der Waals surface area contributed by atoms with Gasteiger partial charge in [-0.1, -0.05) is 55.3 Å². The molecule has 0 saturated heterocycles. The Morgan fingerprint density at radius 3 is 2.29 bits per heavy atom. The molecule has 0 spiro atoms. The number of carboxylic acid groups (broad SMARTS) is 1. The molecule has 1 aromatic carbocycles. The summed E-state index contributed by atoms with van der Waals surface area (Å²) in [6.45, 7) is 5.70. The summed E-state index contributed by atoms with van der Waals surface area (Å²) in [4.78, 5) is 23.3. The smallest absolute Gasteiger partial charge is 0.326 e. The zero-order chi connectivity index (χ0) is 16.0. The number of carbonyl (C=O) groups excluding carboxylic acids is 1. The monoisotopic (exact) mass is 355 g/mol. The second-order valence-corrected chi connectivity index (χ2v) is 6.34. The van der Waals surface area contributed by atoms with Crippen LogP contribution >= 0.6 is 15.9 Å². The lowest BCUT2D eigenvalue weighted by Gasteiger charge is -2.21. The van der Waals surface area contributed by atoms with Crippen LogP contribution in [0.5, 0.6) is 0 Å². The number of halogens is 1. The molecule has 21 heavy (non-hydrogen) atoms. The molecule has 0 radical (unpaired) electrons. The molecular weight excluding hydrogens is 334 g/mol. The van der Waals surface area contributed by atoms with Crippen LogP contribution in [0.3, 0.4) is 0 Å². The van der Waals surface area contributed by atoms with Crippen molar-refractivity contribution in [2.24, 2.45) is 5.92 Å². The van der Waals surface area contributed by atoms with Gasteiger partial charge in [0.25, 0.3) is 0 Å². The van der Waals surface area contributed by atoms with Gasteiger partial charge in [0, 0.05) is 10.9 Å². The van der Waals surface area contributed by atoms with E-state index in [4.69, 9.17) is 0 Å². The van der Waals surface area contributed by atoms with Crippen LogP contribution in [0.25, 0.3) is 0 Å². The van der Waals surface area contributed by atoms with E-state index in [9.17, 15) is 14.7 Å². The van der Waals surface area contributed by atoms with E-state index in [2.05, 4.69) is 21.2 Å². The number of hydrogen-bond acceptors (Lipinski definition) is 2. The van der Waals surface area contributed by atoms with Crippen LogP contribution in [-0.4, -0.2) is 23.0 Å². The van der Waals surface area contributed by atoms with Crippen LogP contribution in [0.1, 0.15) is 45.1 Å². The van der Waals surface area contributed by atoms with Crippen molar-refractivity contribution in [2.45, 2.75) is 45.6 Å². The van der Waals surface area contributed by atoms with Crippen LogP contribution in [0, 0.1) is 5.92 Å². The maximum absolute atomic E-state index is 12.0. The summed E-state index contributed by atoms with van der Waals surface area (Å²) in [5, 5.41) is 11.8. The van der Waals surface area contributed by atoms with E-state index in [1.165, 1.54) is 0 Å². The van der Waals surface area contributed by atoms with Crippen LogP contribution in [0.2, 0.25) is 0 Å². The topological polar surface area (TPSA) is 66.4 Å². The van der Waals surface area contributed by atoms with Gasteiger partial charge >= 0.3 is 5.97 Å². The van der Waals surface area contributed by atoms with Crippen LogP contribution < -0.4 is 5.32 Å². The Bertz CT molecular complexity index is 487. The zero-order valence-electron chi connectivity index (χ0n) is 12.6. The minimum Gasteiger partial charge on any atom is -0.480 e. The highest BCUT2D eigenvalue weighted by Gasteiger charge is 2.25. The molecule has 1 aromatic rings. The van der Waals surface area contributed by atoms with E-state index < -0.39 is 12.0 Å². The molecule has 0 saturated carbocycles. The van der Waals surface area contributed by atoms with Gasteiger partial charge in [0.1, 0.15) is 6.04 Å². The van der Waals surface area contributed by atoms with Crippen molar-refractivity contribution in [1.29, 1.82) is 0 Å². The number of hydrogen-bond donors (Lipinski definition) is 2. The first-order valence-electron chi connectivity index (χ1n) is 7.12. The fourth-order valence-corrected chi connectivity index (χ4v) is 2.37. The summed E-state index contributed by atoms with van der Waals surface area (Å²) >= 11 is 3.37. The summed E-state index contributed by atoms with van der Waals surface area (Å²) in [6, 6.07) is 6.97. The van der Waals surface area contributed by atoms with Crippen molar-refractivity contribution < 1.29 is 14.7 Å². The van der Waals surface area contributed by atoms with E-state index in [1.807, 2.05) is 45.0 Å². The fraction of sp³-hybridized carbons (Fsp3) is 0.500. The van der Waals surface area contributed by atoms with Crippen LogP contribution in [-0.2, 0) is 9.59 Å². The number of carbonyl (C=O) groups is 2. The lowest BCUT2D eigenvalue weighted by molar-refractivity contribution is -0.143. The fourth-order valence-electron chi connectivity index (χ4n) is 2.10. The summed E-state index contributed by atoms with van der Waals surface area (Å²) in [5.74, 6) is -1.24. The molecule has 3 atom stereocenters. The first kappa shape index (κ1) is 17.7. The Morgan fingerprint density at radius 2 is 1.81 bits per heavy atom. The molecule has 4 nitrogen and oxygen atoms in total. The maximum Gasteiger partial charge on any atom is 0.326 e. The molecular formula is C16H22BrNO3. The minimum atomic E-state index is -0.978. The molecule has 2 N–H and O–H groups in total. The molecule has 0 aliphatic carbocycles. The lowest BCUT2D eigenvalue weighted by atomic mass is 9.96. The molecule has 116 valence electrons. The quantitative estimate of drug-likeness (QED) is 0.785. The van der Waals surface area contributed by atoms with Crippen molar-refractivity contribution in [2.75, 3.05) is 0 Å². The van der Waals surface area contributed by atoms with Crippen molar-refractivity contribution in [3.8, 4) is 0 Å². The minimum absolute atomic E-state index is 0.0458. The first-order valence-corrected chi connectivity index (χ1v) is 7.92. The predicted octanol–water partition coefficient (Wildman–Crippen LogP) is 3.56. The van der Waals surface area contributed by atoms with Gasteiger partial charge in [-0.25, -0.2) is 4.79 Å². The van der Waals surface area contributed by atoms with Gasteiger partial charge in [-0.3, -0.25) is 4.79 Å². The van der Waals surface area contributed by atoms with Gasteiger partial charge in [-0.2, -0.15) is 0 Å². The number of aliphatic carboxylic acids is 1. The van der Waals surface area contributed by atoms with Crippen molar-refractivity contribution >= 4 is 27.8 Å². The Kier molecular flexibility index (Phi) is 6.89. The van der Waals surface area contributed by atoms with E-state index in [0.29, 0.717) is 6.42 Å². The Hall–Kier alpha value is -1.36. The van der Waals surface area contributed by atoms with E-state index in [-0.39, 0.29) is 24.2 Å². The van der Waals surface area contributed by atoms with E-state index in [1.54, 1.807) is 0 Å². The summed E-state index contributed by atoms with van der Waals surface area (Å²) in [6.07, 6.45) is 0.987. The number of benzene rings is 1. The molecule has 3 unspecified atom stereocenters. The largest absolute Gasteiger partial charge is 0.480 e. The normalized spacial score (nSPS) is 15.0. The number of nitrogens with one attached hydrogen (secondary N) is 1. The SMILES string of the molecule is CCC(C)C(NC(=O)CC(C)c1ccc(Br)cc1)C(=O)O. The molecule has 0 bridgehead atoms. The van der Waals surface area contributed by atoms with Crippen molar-refractivity contribution in [1.82, 2.24) is 5.32 Å². The van der Waals surface area contributed by atoms with Crippen molar-refractivity contribution in [3.05, 3.63) is 34.3 Å². The van der Waals surface area contributed by atoms with Gasteiger partial charge in [0.05, 0.1) is 0 Å². The summed E-state index contributed by atoms with van der Waals surface area (Å²) in [5.41, 5.74) is 1.06. The standard InChI is InChI=1S/C16H22BrNO3/c1-4-10(2)15(16(20)21)18-14(19)9-11(3)12-5-7-13(17)8-6-12/h5-8,10-11,15H,4,9H2,1-3H3,(H,18,19)(H,20,21). The molecule has 5 heteroatoms. The summed E-state index contributed by atoms with van der Waals surface area (Å²) in [7, 11) is 0. The second-order valence-electron chi connectivity index (χ2n) is 5.43. The first-order chi connectivity index (χ1) is 9.85. The van der Waals surface area contributed by atoms with Gasteiger partial charge in [-0.05, 0) is 29.5 Å². The molecule has 0 aromatic heterocycles. The Balaban J connectivity index is 2.63. The second kappa shape index (κ2) is 8.17. The van der Waals surface area contributed by atoms with Crippen LogP contribution in [0.4, 0.5) is 0 Å². The van der Waals surface area contributed by atoms with Gasteiger partial charge in [-0.15, -0.1) is 0 Å². The lowest BCUT2D eigenvalue weighted by Crippen LogP contribution is -2.45. The van der Waals surface area contributed by atoms with Gasteiger partial charge in [0.2, 0.25) is 5.91 Å². The van der Waals surface area contributed by atoms with Gasteiger partial charge in [0.15, 0.2) is 0 Å².